The summed E-state index contributed by atoms with van der Waals surface area (Å²) < 4.78 is 0. The van der Waals surface area contributed by atoms with Crippen LogP contribution in [0.15, 0.2) is 18.2 Å². The van der Waals surface area contributed by atoms with Gasteiger partial charge in [-0.15, -0.1) is 0 Å². The number of anilines is 1. The number of rotatable bonds is 5. The highest BCUT2D eigenvalue weighted by atomic mass is 35.5. The van der Waals surface area contributed by atoms with E-state index in [9.17, 15) is 15.2 Å². The molecule has 0 amide bonds. The lowest BCUT2D eigenvalue weighted by molar-refractivity contribution is -0.384. The summed E-state index contributed by atoms with van der Waals surface area (Å²) in [5.74, 6) is 0. The molecule has 0 saturated heterocycles. The van der Waals surface area contributed by atoms with Gasteiger partial charge in [-0.1, -0.05) is 30.9 Å². The maximum Gasteiger partial charge on any atom is 0.292 e. The first kappa shape index (κ1) is 15.1. The highest BCUT2D eigenvalue weighted by Gasteiger charge is 2.31. The van der Waals surface area contributed by atoms with Crippen molar-refractivity contribution < 1.29 is 10.0 Å². The predicted molar refractivity (Wildman–Crippen MR) is 79.2 cm³/mol. The monoisotopic (exact) mass is 298 g/mol. The van der Waals surface area contributed by atoms with Gasteiger partial charge in [-0.25, -0.2) is 0 Å². The van der Waals surface area contributed by atoms with E-state index < -0.39 is 4.92 Å². The number of benzene rings is 1. The first-order valence-electron chi connectivity index (χ1n) is 6.85. The van der Waals surface area contributed by atoms with Crippen LogP contribution in [0.5, 0.6) is 0 Å². The molecule has 0 bridgehead atoms. The summed E-state index contributed by atoms with van der Waals surface area (Å²) in [7, 11) is 0. The Morgan fingerprint density at radius 1 is 1.35 bits per heavy atom. The molecule has 2 N–H and O–H groups in total. The lowest BCUT2D eigenvalue weighted by atomic mass is 9.74. The van der Waals surface area contributed by atoms with E-state index in [1.807, 2.05) is 0 Å². The summed E-state index contributed by atoms with van der Waals surface area (Å²) in [5, 5.41) is 24.2. The van der Waals surface area contributed by atoms with Crippen LogP contribution < -0.4 is 5.32 Å². The topological polar surface area (TPSA) is 75.4 Å². The molecule has 0 unspecified atom stereocenters. The van der Waals surface area contributed by atoms with Crippen LogP contribution in [-0.2, 0) is 0 Å². The third kappa shape index (κ3) is 3.41. The largest absolute Gasteiger partial charge is 0.396 e. The molecule has 0 aromatic heterocycles. The Hall–Kier alpha value is -1.33. The van der Waals surface area contributed by atoms with Gasteiger partial charge in [-0.3, -0.25) is 10.1 Å². The maximum absolute atomic E-state index is 11.0. The molecule has 5 nitrogen and oxygen atoms in total. The van der Waals surface area contributed by atoms with Gasteiger partial charge in [0.2, 0.25) is 0 Å². The van der Waals surface area contributed by atoms with E-state index in [1.165, 1.54) is 18.6 Å². The van der Waals surface area contributed by atoms with Crippen LogP contribution in [0.25, 0.3) is 0 Å². The Morgan fingerprint density at radius 2 is 2.05 bits per heavy atom. The quantitative estimate of drug-likeness (QED) is 0.643. The number of aliphatic hydroxyl groups is 1. The number of aliphatic hydroxyl groups excluding tert-OH is 1. The second kappa shape index (κ2) is 6.41. The van der Waals surface area contributed by atoms with Gasteiger partial charge in [0.05, 0.1) is 11.5 Å². The number of nitro benzene ring substituents is 1. The predicted octanol–water partition coefficient (Wildman–Crippen LogP) is 3.60. The fourth-order valence-corrected chi connectivity index (χ4v) is 2.96. The van der Waals surface area contributed by atoms with E-state index in [0.29, 0.717) is 17.3 Å². The Labute approximate surface area is 123 Å². The zero-order valence-corrected chi connectivity index (χ0v) is 12.0. The molecule has 20 heavy (non-hydrogen) atoms. The summed E-state index contributed by atoms with van der Waals surface area (Å²) in [6, 6.07) is 4.47. The zero-order chi connectivity index (χ0) is 14.6. The molecular formula is C14H19ClN2O3. The van der Waals surface area contributed by atoms with Gasteiger partial charge in [0.1, 0.15) is 5.69 Å². The Morgan fingerprint density at radius 3 is 2.65 bits per heavy atom. The van der Waals surface area contributed by atoms with E-state index in [2.05, 4.69) is 5.32 Å². The fraction of sp³-hybridized carbons (Fsp3) is 0.571. The number of nitrogens with one attached hydrogen (secondary N) is 1. The lowest BCUT2D eigenvalue weighted by Gasteiger charge is -2.35. The molecule has 1 saturated carbocycles. The van der Waals surface area contributed by atoms with Crippen LogP contribution in [0.1, 0.15) is 32.1 Å². The van der Waals surface area contributed by atoms with Crippen LogP contribution in [-0.4, -0.2) is 23.2 Å². The molecule has 1 aliphatic carbocycles. The van der Waals surface area contributed by atoms with Crippen molar-refractivity contribution >= 4 is 23.0 Å². The number of hydrogen-bond acceptors (Lipinski definition) is 4. The Kier molecular flexibility index (Phi) is 4.83. The van der Waals surface area contributed by atoms with Crippen LogP contribution in [0.2, 0.25) is 5.02 Å². The molecule has 1 aliphatic rings. The standard InChI is InChI=1S/C14H19ClN2O3/c15-11-4-5-13(17(19)20)12(8-11)16-9-14(10-18)6-2-1-3-7-14/h4-5,8,16,18H,1-3,6-7,9-10H2. The third-order valence-electron chi connectivity index (χ3n) is 4.06. The van der Waals surface area contributed by atoms with Crippen molar-refractivity contribution in [3.05, 3.63) is 33.3 Å². The van der Waals surface area contributed by atoms with Crippen LogP contribution in [0, 0.1) is 15.5 Å². The van der Waals surface area contributed by atoms with Gasteiger partial charge in [0.25, 0.3) is 5.69 Å². The van der Waals surface area contributed by atoms with E-state index in [0.717, 1.165) is 25.7 Å². The second-order valence-electron chi connectivity index (χ2n) is 5.49. The minimum atomic E-state index is -0.425. The Balaban J connectivity index is 2.13. The number of hydrogen-bond donors (Lipinski definition) is 2. The third-order valence-corrected chi connectivity index (χ3v) is 4.29. The number of nitro groups is 1. The molecule has 2 rings (SSSR count). The minimum Gasteiger partial charge on any atom is -0.396 e. The van der Waals surface area contributed by atoms with Crippen molar-refractivity contribution in [3.63, 3.8) is 0 Å². The normalized spacial score (nSPS) is 17.7. The maximum atomic E-state index is 11.0. The van der Waals surface area contributed by atoms with Crippen molar-refractivity contribution in [1.82, 2.24) is 0 Å². The molecule has 0 heterocycles. The molecule has 1 aromatic rings. The van der Waals surface area contributed by atoms with E-state index in [-0.39, 0.29) is 17.7 Å². The minimum absolute atomic E-state index is 0.0123. The first-order valence-corrected chi connectivity index (χ1v) is 7.23. The van der Waals surface area contributed by atoms with Crippen molar-refractivity contribution in [2.45, 2.75) is 32.1 Å². The van der Waals surface area contributed by atoms with Crippen molar-refractivity contribution in [3.8, 4) is 0 Å². The smallest absolute Gasteiger partial charge is 0.292 e. The van der Waals surface area contributed by atoms with E-state index in [1.54, 1.807) is 6.07 Å². The summed E-state index contributed by atoms with van der Waals surface area (Å²) in [5.41, 5.74) is 0.258. The average molecular weight is 299 g/mol. The van der Waals surface area contributed by atoms with Crippen molar-refractivity contribution in [1.29, 1.82) is 0 Å². The van der Waals surface area contributed by atoms with Gasteiger partial charge < -0.3 is 10.4 Å². The number of nitrogens with zero attached hydrogens (tertiary/aromatic N) is 1. The molecule has 6 heteroatoms. The van der Waals surface area contributed by atoms with Crippen LogP contribution in [0.3, 0.4) is 0 Å². The summed E-state index contributed by atoms with van der Waals surface area (Å²) in [4.78, 5) is 10.6. The van der Waals surface area contributed by atoms with Crippen LogP contribution in [0.4, 0.5) is 11.4 Å². The Bertz CT molecular complexity index is 487. The summed E-state index contributed by atoms with van der Waals surface area (Å²) in [6.45, 7) is 0.638. The molecule has 0 aliphatic heterocycles. The van der Waals surface area contributed by atoms with Gasteiger partial charge in [0, 0.05) is 23.0 Å². The average Bonchev–Trinajstić information content (AvgIpc) is 2.46. The van der Waals surface area contributed by atoms with Gasteiger partial charge >= 0.3 is 0 Å². The molecule has 1 aromatic carbocycles. The molecule has 110 valence electrons. The second-order valence-corrected chi connectivity index (χ2v) is 5.93. The van der Waals surface area contributed by atoms with Gasteiger partial charge in [-0.2, -0.15) is 0 Å². The first-order chi connectivity index (χ1) is 9.56. The van der Waals surface area contributed by atoms with Crippen molar-refractivity contribution in [2.24, 2.45) is 5.41 Å². The van der Waals surface area contributed by atoms with E-state index in [4.69, 9.17) is 11.6 Å². The summed E-state index contributed by atoms with van der Waals surface area (Å²) in [6.07, 6.45) is 5.29. The molecule has 0 spiro atoms. The fourth-order valence-electron chi connectivity index (χ4n) is 2.78. The molecular weight excluding hydrogens is 280 g/mol. The molecule has 0 atom stereocenters. The molecule has 1 fully saturated rings. The zero-order valence-electron chi connectivity index (χ0n) is 11.3. The lowest BCUT2D eigenvalue weighted by Crippen LogP contribution is -2.35. The highest BCUT2D eigenvalue weighted by molar-refractivity contribution is 6.31. The van der Waals surface area contributed by atoms with Crippen LogP contribution >= 0.6 is 11.6 Å². The SMILES string of the molecule is O=[N+]([O-])c1ccc(Cl)cc1NCC1(CO)CCCCC1. The molecule has 0 radical (unpaired) electrons. The highest BCUT2D eigenvalue weighted by Crippen LogP contribution is 2.37. The summed E-state index contributed by atoms with van der Waals surface area (Å²) >= 11 is 5.90. The number of halogens is 1. The van der Waals surface area contributed by atoms with Gasteiger partial charge in [-0.05, 0) is 25.0 Å². The van der Waals surface area contributed by atoms with Crippen molar-refractivity contribution in [2.75, 3.05) is 18.5 Å². The van der Waals surface area contributed by atoms with E-state index >= 15 is 0 Å². The van der Waals surface area contributed by atoms with Gasteiger partial charge in [0.15, 0.2) is 0 Å².